The number of carbonyl (C=O) groups excluding carboxylic acids is 2. The molecule has 0 atom stereocenters. The average Bonchev–Trinajstić information content (AvgIpc) is 2.86. The molecule has 1 aromatic carbocycles. The van der Waals surface area contributed by atoms with Gasteiger partial charge >= 0.3 is 0 Å². The lowest BCUT2D eigenvalue weighted by Gasteiger charge is -2.07. The van der Waals surface area contributed by atoms with Crippen molar-refractivity contribution in [2.45, 2.75) is 6.92 Å². The van der Waals surface area contributed by atoms with E-state index in [1.807, 2.05) is 18.2 Å². The fourth-order valence-electron chi connectivity index (χ4n) is 1.77. The highest BCUT2D eigenvalue weighted by Gasteiger charge is 2.17. The third-order valence-electron chi connectivity index (χ3n) is 2.95. The van der Waals surface area contributed by atoms with Gasteiger partial charge in [-0.05, 0) is 24.6 Å². The molecule has 0 radical (unpaired) electrons. The molecule has 0 aliphatic rings. The van der Waals surface area contributed by atoms with Crippen LogP contribution in [0.3, 0.4) is 0 Å². The van der Waals surface area contributed by atoms with Crippen LogP contribution in [-0.4, -0.2) is 35.8 Å². The highest BCUT2D eigenvalue weighted by atomic mass is 35.5. The van der Waals surface area contributed by atoms with Crippen molar-refractivity contribution < 1.29 is 9.59 Å². The first-order valence-electron chi connectivity index (χ1n) is 6.81. The Hall–Kier alpha value is -2.18. The highest BCUT2D eigenvalue weighted by Crippen LogP contribution is 2.23. The van der Waals surface area contributed by atoms with Gasteiger partial charge in [0.1, 0.15) is 4.88 Å². The number of anilines is 1. The van der Waals surface area contributed by atoms with Crippen molar-refractivity contribution >= 4 is 46.0 Å². The number of aromatic nitrogens is 1. The Morgan fingerprint density at radius 3 is 2.65 bits per heavy atom. The molecule has 7 heteroatoms. The molecule has 0 bridgehead atoms. The first-order chi connectivity index (χ1) is 10.9. The second-order valence-electron chi connectivity index (χ2n) is 4.98. The van der Waals surface area contributed by atoms with Gasteiger partial charge in [0.05, 0.1) is 5.69 Å². The van der Waals surface area contributed by atoms with E-state index in [1.165, 1.54) is 11.0 Å². The minimum atomic E-state index is -0.331. The van der Waals surface area contributed by atoms with Crippen molar-refractivity contribution in [1.82, 2.24) is 9.88 Å². The van der Waals surface area contributed by atoms with Gasteiger partial charge < -0.3 is 4.90 Å². The summed E-state index contributed by atoms with van der Waals surface area (Å²) in [6.45, 7) is 1.74. The zero-order valence-electron chi connectivity index (χ0n) is 13.0. The van der Waals surface area contributed by atoms with Crippen molar-refractivity contribution in [2.75, 3.05) is 19.4 Å². The SMILES string of the molecule is Cc1nc(NC(=O)/C=C/c2ccccc2Cl)sc1C(=O)N(C)C. The molecule has 0 unspecified atom stereocenters. The van der Waals surface area contributed by atoms with Gasteiger partial charge in [-0.2, -0.15) is 0 Å². The molecule has 1 N–H and O–H groups in total. The van der Waals surface area contributed by atoms with E-state index >= 15 is 0 Å². The van der Waals surface area contributed by atoms with Crippen molar-refractivity contribution in [3.05, 3.63) is 51.5 Å². The van der Waals surface area contributed by atoms with E-state index in [0.29, 0.717) is 20.7 Å². The number of amides is 2. The van der Waals surface area contributed by atoms with Gasteiger partial charge in [0.2, 0.25) is 5.91 Å². The van der Waals surface area contributed by atoms with Crippen LogP contribution in [0, 0.1) is 6.92 Å². The topological polar surface area (TPSA) is 62.3 Å². The molecule has 1 aromatic heterocycles. The molecule has 0 aliphatic carbocycles. The summed E-state index contributed by atoms with van der Waals surface area (Å²) in [6.07, 6.45) is 3.01. The van der Waals surface area contributed by atoms with E-state index in [-0.39, 0.29) is 11.8 Å². The van der Waals surface area contributed by atoms with E-state index in [4.69, 9.17) is 11.6 Å². The maximum absolute atomic E-state index is 12.0. The summed E-state index contributed by atoms with van der Waals surface area (Å²) < 4.78 is 0. The maximum atomic E-state index is 12.0. The minimum Gasteiger partial charge on any atom is -0.344 e. The van der Waals surface area contributed by atoms with Crippen molar-refractivity contribution in [2.24, 2.45) is 0 Å². The summed E-state index contributed by atoms with van der Waals surface area (Å²) in [5.41, 5.74) is 1.35. The molecule has 0 fully saturated rings. The first kappa shape index (κ1) is 17.2. The van der Waals surface area contributed by atoms with E-state index in [2.05, 4.69) is 10.3 Å². The van der Waals surface area contributed by atoms with Crippen LogP contribution in [0.4, 0.5) is 5.13 Å². The number of thiazole rings is 1. The second kappa shape index (κ2) is 7.39. The third-order valence-corrected chi connectivity index (χ3v) is 4.35. The first-order valence-corrected chi connectivity index (χ1v) is 8.00. The average molecular weight is 350 g/mol. The Labute approximate surface area is 143 Å². The predicted octanol–water partition coefficient (Wildman–Crippen LogP) is 3.46. The number of carbonyl (C=O) groups is 2. The van der Waals surface area contributed by atoms with Crippen LogP contribution >= 0.6 is 22.9 Å². The van der Waals surface area contributed by atoms with Crippen LogP contribution in [0.25, 0.3) is 6.08 Å². The maximum Gasteiger partial charge on any atom is 0.265 e. The molecule has 23 heavy (non-hydrogen) atoms. The molecule has 0 aliphatic heterocycles. The molecule has 5 nitrogen and oxygen atoms in total. The predicted molar refractivity (Wildman–Crippen MR) is 94.0 cm³/mol. The Bertz CT molecular complexity index is 768. The molecule has 2 aromatic rings. The van der Waals surface area contributed by atoms with Gasteiger partial charge in [-0.3, -0.25) is 14.9 Å². The number of hydrogen-bond donors (Lipinski definition) is 1. The van der Waals surface area contributed by atoms with Crippen LogP contribution in [0.2, 0.25) is 5.02 Å². The lowest BCUT2D eigenvalue weighted by Crippen LogP contribution is -2.21. The molecular weight excluding hydrogens is 334 g/mol. The standard InChI is InChI=1S/C16H16ClN3O2S/c1-10-14(15(22)20(2)3)23-16(18-10)19-13(21)9-8-11-6-4-5-7-12(11)17/h4-9H,1-3H3,(H,18,19,21)/b9-8+. The summed E-state index contributed by atoms with van der Waals surface area (Å²) in [7, 11) is 3.35. The van der Waals surface area contributed by atoms with Gasteiger partial charge in [-0.15, -0.1) is 0 Å². The number of rotatable bonds is 4. The molecule has 2 rings (SSSR count). The molecular formula is C16H16ClN3O2S. The summed E-state index contributed by atoms with van der Waals surface area (Å²) in [6, 6.07) is 7.23. The quantitative estimate of drug-likeness (QED) is 0.860. The number of nitrogens with zero attached hydrogens (tertiary/aromatic N) is 2. The number of aryl methyl sites for hydroxylation is 1. The monoisotopic (exact) mass is 349 g/mol. The summed E-state index contributed by atoms with van der Waals surface area (Å²) >= 11 is 7.18. The molecule has 0 saturated carbocycles. The van der Waals surface area contributed by atoms with Crippen LogP contribution in [-0.2, 0) is 4.79 Å². The normalized spacial score (nSPS) is 10.8. The van der Waals surface area contributed by atoms with E-state index in [9.17, 15) is 9.59 Å². The number of hydrogen-bond acceptors (Lipinski definition) is 4. The van der Waals surface area contributed by atoms with E-state index in [0.717, 1.165) is 16.9 Å². The lowest BCUT2D eigenvalue weighted by atomic mass is 10.2. The van der Waals surface area contributed by atoms with Gasteiger partial charge in [-0.1, -0.05) is 41.1 Å². The smallest absolute Gasteiger partial charge is 0.265 e. The number of benzene rings is 1. The van der Waals surface area contributed by atoms with Gasteiger partial charge in [0.15, 0.2) is 5.13 Å². The second-order valence-corrected chi connectivity index (χ2v) is 6.38. The lowest BCUT2D eigenvalue weighted by molar-refractivity contribution is -0.111. The minimum absolute atomic E-state index is 0.132. The van der Waals surface area contributed by atoms with E-state index < -0.39 is 0 Å². The van der Waals surface area contributed by atoms with Crippen LogP contribution < -0.4 is 5.32 Å². The Morgan fingerprint density at radius 2 is 2.00 bits per heavy atom. The van der Waals surface area contributed by atoms with Crippen LogP contribution in [0.5, 0.6) is 0 Å². The van der Waals surface area contributed by atoms with Crippen molar-refractivity contribution in [3.63, 3.8) is 0 Å². The van der Waals surface area contributed by atoms with Crippen LogP contribution in [0.1, 0.15) is 20.9 Å². The summed E-state index contributed by atoms with van der Waals surface area (Å²) in [5.74, 6) is -0.463. The van der Waals surface area contributed by atoms with Crippen LogP contribution in [0.15, 0.2) is 30.3 Å². The van der Waals surface area contributed by atoms with Gasteiger partial charge in [0.25, 0.3) is 5.91 Å². The fraction of sp³-hybridized carbons (Fsp3) is 0.188. The molecule has 120 valence electrons. The fourth-order valence-corrected chi connectivity index (χ4v) is 2.96. The summed E-state index contributed by atoms with van der Waals surface area (Å²) in [4.78, 5) is 30.1. The molecule has 0 spiro atoms. The molecule has 1 heterocycles. The van der Waals surface area contributed by atoms with E-state index in [1.54, 1.807) is 33.2 Å². The Balaban J connectivity index is 2.08. The summed E-state index contributed by atoms with van der Waals surface area (Å²) in [5, 5.41) is 3.61. The van der Waals surface area contributed by atoms with Crippen molar-refractivity contribution in [3.8, 4) is 0 Å². The Morgan fingerprint density at radius 1 is 1.30 bits per heavy atom. The molecule has 2 amide bonds. The zero-order valence-corrected chi connectivity index (χ0v) is 14.5. The number of nitrogens with one attached hydrogen (secondary N) is 1. The number of halogens is 1. The molecule has 0 saturated heterocycles. The van der Waals surface area contributed by atoms with Crippen molar-refractivity contribution in [1.29, 1.82) is 0 Å². The zero-order chi connectivity index (χ0) is 17.0. The van der Waals surface area contributed by atoms with Gasteiger partial charge in [0, 0.05) is 25.2 Å². The third kappa shape index (κ3) is 4.40. The van der Waals surface area contributed by atoms with Gasteiger partial charge in [-0.25, -0.2) is 4.98 Å². The largest absolute Gasteiger partial charge is 0.344 e. The Kier molecular flexibility index (Phi) is 5.52. The highest BCUT2D eigenvalue weighted by molar-refractivity contribution is 7.17.